The summed E-state index contributed by atoms with van der Waals surface area (Å²) in [6.07, 6.45) is 1.35. The molecule has 0 aliphatic carbocycles. The number of amides is 2. The summed E-state index contributed by atoms with van der Waals surface area (Å²) in [5.74, 6) is 0.255. The lowest BCUT2D eigenvalue weighted by Gasteiger charge is -2.35. The van der Waals surface area contributed by atoms with E-state index < -0.39 is 0 Å². The van der Waals surface area contributed by atoms with Crippen LogP contribution in [0, 0.1) is 6.92 Å². The maximum absolute atomic E-state index is 12.6. The predicted octanol–water partition coefficient (Wildman–Crippen LogP) is 2.97. The van der Waals surface area contributed by atoms with Gasteiger partial charge in [-0.2, -0.15) is 0 Å². The highest BCUT2D eigenvalue weighted by Crippen LogP contribution is 2.15. The SMILES string of the molecule is Cc1ccccc1C(=O)N1CCN(C(=O)CCc2cccs2)CC1. The Kier molecular flexibility index (Phi) is 5.30. The number of nitrogens with zero attached hydrogens (tertiary/aromatic N) is 2. The maximum Gasteiger partial charge on any atom is 0.254 e. The number of thiophene rings is 1. The number of piperazine rings is 1. The molecule has 1 aromatic carbocycles. The van der Waals surface area contributed by atoms with E-state index in [1.165, 1.54) is 4.88 Å². The molecule has 1 aliphatic heterocycles. The van der Waals surface area contributed by atoms with Gasteiger partial charge >= 0.3 is 0 Å². The molecule has 1 fully saturated rings. The number of benzene rings is 1. The summed E-state index contributed by atoms with van der Waals surface area (Å²) in [6.45, 7) is 4.43. The predicted molar refractivity (Wildman–Crippen MR) is 96.3 cm³/mol. The molecule has 0 spiro atoms. The molecule has 2 amide bonds. The van der Waals surface area contributed by atoms with Gasteiger partial charge in [0.2, 0.25) is 5.91 Å². The minimum Gasteiger partial charge on any atom is -0.339 e. The van der Waals surface area contributed by atoms with Gasteiger partial charge in [0.05, 0.1) is 0 Å². The van der Waals surface area contributed by atoms with Crippen molar-refractivity contribution in [2.45, 2.75) is 19.8 Å². The highest BCUT2D eigenvalue weighted by atomic mass is 32.1. The molecule has 0 atom stereocenters. The quantitative estimate of drug-likeness (QED) is 0.857. The van der Waals surface area contributed by atoms with Crippen LogP contribution in [0.2, 0.25) is 0 Å². The lowest BCUT2D eigenvalue weighted by Crippen LogP contribution is -2.50. The van der Waals surface area contributed by atoms with Crippen LogP contribution in [0.4, 0.5) is 0 Å². The van der Waals surface area contributed by atoms with E-state index in [1.54, 1.807) is 11.3 Å². The van der Waals surface area contributed by atoms with Crippen LogP contribution in [-0.2, 0) is 11.2 Å². The van der Waals surface area contributed by atoms with Gasteiger partial charge in [0, 0.05) is 43.0 Å². The Hall–Kier alpha value is -2.14. The van der Waals surface area contributed by atoms with E-state index in [0.29, 0.717) is 32.6 Å². The van der Waals surface area contributed by atoms with Crippen LogP contribution in [0.15, 0.2) is 41.8 Å². The minimum atomic E-state index is 0.0683. The summed E-state index contributed by atoms with van der Waals surface area (Å²) in [5.41, 5.74) is 1.76. The summed E-state index contributed by atoms with van der Waals surface area (Å²) in [7, 11) is 0. The number of carbonyl (C=O) groups excluding carboxylic acids is 2. The second-order valence-corrected chi connectivity index (χ2v) is 7.10. The molecule has 0 N–H and O–H groups in total. The third-order valence-electron chi connectivity index (χ3n) is 4.46. The van der Waals surface area contributed by atoms with E-state index >= 15 is 0 Å². The molecule has 1 aromatic heterocycles. The molecule has 2 aromatic rings. The van der Waals surface area contributed by atoms with Crippen LogP contribution in [0.1, 0.15) is 27.2 Å². The first-order valence-electron chi connectivity index (χ1n) is 8.30. The Morgan fingerprint density at radius 1 is 1.00 bits per heavy atom. The van der Waals surface area contributed by atoms with Crippen LogP contribution in [0.3, 0.4) is 0 Å². The fourth-order valence-corrected chi connectivity index (χ4v) is 3.69. The van der Waals surface area contributed by atoms with E-state index in [-0.39, 0.29) is 11.8 Å². The number of aryl methyl sites for hydroxylation is 2. The van der Waals surface area contributed by atoms with Crippen molar-refractivity contribution in [3.63, 3.8) is 0 Å². The van der Waals surface area contributed by atoms with Crippen molar-refractivity contribution in [1.29, 1.82) is 0 Å². The standard InChI is InChI=1S/C19H22N2O2S/c1-15-5-2-3-7-17(15)19(23)21-12-10-20(11-13-21)18(22)9-8-16-6-4-14-24-16/h2-7,14H,8-13H2,1H3. The van der Waals surface area contributed by atoms with Gasteiger partial charge < -0.3 is 9.80 Å². The average Bonchev–Trinajstić information content (AvgIpc) is 3.13. The largest absolute Gasteiger partial charge is 0.339 e. The highest BCUT2D eigenvalue weighted by Gasteiger charge is 2.25. The van der Waals surface area contributed by atoms with Crippen molar-refractivity contribution in [2.24, 2.45) is 0 Å². The minimum absolute atomic E-state index is 0.0683. The molecule has 1 aliphatic rings. The number of hydrogen-bond acceptors (Lipinski definition) is 3. The van der Waals surface area contributed by atoms with Crippen molar-refractivity contribution in [3.05, 3.63) is 57.8 Å². The zero-order chi connectivity index (χ0) is 16.9. The summed E-state index contributed by atoms with van der Waals surface area (Å²) in [5, 5.41) is 2.04. The Morgan fingerprint density at radius 3 is 2.38 bits per heavy atom. The summed E-state index contributed by atoms with van der Waals surface area (Å²) >= 11 is 1.69. The van der Waals surface area contributed by atoms with E-state index in [2.05, 4.69) is 6.07 Å². The molecule has 0 radical (unpaired) electrons. The Morgan fingerprint density at radius 2 is 1.71 bits per heavy atom. The van der Waals surface area contributed by atoms with Gasteiger partial charge in [0.25, 0.3) is 5.91 Å². The van der Waals surface area contributed by atoms with Gasteiger partial charge in [-0.25, -0.2) is 0 Å². The highest BCUT2D eigenvalue weighted by molar-refractivity contribution is 7.09. The Bertz CT molecular complexity index is 704. The molecule has 0 unspecified atom stereocenters. The normalized spacial score (nSPS) is 14.7. The summed E-state index contributed by atoms with van der Waals surface area (Å²) in [4.78, 5) is 29.9. The smallest absolute Gasteiger partial charge is 0.254 e. The van der Waals surface area contributed by atoms with Crippen LogP contribution < -0.4 is 0 Å². The number of carbonyl (C=O) groups is 2. The van der Waals surface area contributed by atoms with E-state index in [1.807, 2.05) is 52.4 Å². The monoisotopic (exact) mass is 342 g/mol. The molecular weight excluding hydrogens is 320 g/mol. The fourth-order valence-electron chi connectivity index (χ4n) is 2.99. The van der Waals surface area contributed by atoms with Crippen molar-refractivity contribution in [1.82, 2.24) is 9.80 Å². The molecular formula is C19H22N2O2S. The second-order valence-electron chi connectivity index (χ2n) is 6.07. The first kappa shape index (κ1) is 16.7. The van der Waals surface area contributed by atoms with Gasteiger partial charge in [-0.15, -0.1) is 11.3 Å². The van der Waals surface area contributed by atoms with Crippen LogP contribution in [0.5, 0.6) is 0 Å². The van der Waals surface area contributed by atoms with Gasteiger partial charge in [0.15, 0.2) is 0 Å². The van der Waals surface area contributed by atoms with Crippen molar-refractivity contribution in [3.8, 4) is 0 Å². The van der Waals surface area contributed by atoms with E-state index in [9.17, 15) is 9.59 Å². The number of rotatable bonds is 4. The van der Waals surface area contributed by atoms with Gasteiger partial charge in [0.1, 0.15) is 0 Å². The van der Waals surface area contributed by atoms with Gasteiger partial charge in [-0.1, -0.05) is 24.3 Å². The van der Waals surface area contributed by atoms with Gasteiger partial charge in [-0.3, -0.25) is 9.59 Å². The van der Waals surface area contributed by atoms with Crippen LogP contribution >= 0.6 is 11.3 Å². The van der Waals surface area contributed by atoms with Gasteiger partial charge in [-0.05, 0) is 36.4 Å². The molecule has 0 saturated carbocycles. The Balaban J connectivity index is 1.51. The Labute approximate surface area is 146 Å². The molecule has 126 valence electrons. The molecule has 24 heavy (non-hydrogen) atoms. The zero-order valence-corrected chi connectivity index (χ0v) is 14.7. The van der Waals surface area contributed by atoms with Crippen molar-refractivity contribution >= 4 is 23.2 Å². The molecule has 3 rings (SSSR count). The summed E-state index contributed by atoms with van der Waals surface area (Å²) in [6, 6.07) is 11.7. The van der Waals surface area contributed by atoms with E-state index in [0.717, 1.165) is 17.5 Å². The first-order chi connectivity index (χ1) is 11.6. The maximum atomic E-state index is 12.6. The van der Waals surface area contributed by atoms with Crippen LogP contribution in [0.25, 0.3) is 0 Å². The van der Waals surface area contributed by atoms with Crippen LogP contribution in [-0.4, -0.2) is 47.8 Å². The lowest BCUT2D eigenvalue weighted by molar-refractivity contribution is -0.132. The topological polar surface area (TPSA) is 40.6 Å². The fraction of sp³-hybridized carbons (Fsp3) is 0.368. The van der Waals surface area contributed by atoms with Crippen molar-refractivity contribution < 1.29 is 9.59 Å². The molecule has 1 saturated heterocycles. The molecule has 0 bridgehead atoms. The third kappa shape index (κ3) is 3.85. The van der Waals surface area contributed by atoms with Crippen molar-refractivity contribution in [2.75, 3.05) is 26.2 Å². The summed E-state index contributed by atoms with van der Waals surface area (Å²) < 4.78 is 0. The average molecular weight is 342 g/mol. The third-order valence-corrected chi connectivity index (χ3v) is 5.40. The zero-order valence-electron chi connectivity index (χ0n) is 13.9. The lowest BCUT2D eigenvalue weighted by atomic mass is 10.1. The second kappa shape index (κ2) is 7.62. The molecule has 4 nitrogen and oxygen atoms in total. The molecule has 5 heteroatoms. The number of hydrogen-bond donors (Lipinski definition) is 0. The van der Waals surface area contributed by atoms with E-state index in [4.69, 9.17) is 0 Å². The molecule has 2 heterocycles. The first-order valence-corrected chi connectivity index (χ1v) is 9.18.